The van der Waals surface area contributed by atoms with Crippen molar-refractivity contribution in [2.24, 2.45) is 5.73 Å². The quantitative estimate of drug-likeness (QED) is 0.800. The summed E-state index contributed by atoms with van der Waals surface area (Å²) in [6.07, 6.45) is 0.763. The Morgan fingerprint density at radius 1 is 1.20 bits per heavy atom. The second-order valence-corrected chi connectivity index (χ2v) is 4.35. The Kier molecular flexibility index (Phi) is 4.32. The summed E-state index contributed by atoms with van der Waals surface area (Å²) in [6.45, 7) is 0.558. The third-order valence-electron chi connectivity index (χ3n) is 2.85. The van der Waals surface area contributed by atoms with E-state index in [2.05, 4.69) is 5.32 Å². The van der Waals surface area contributed by atoms with Gasteiger partial charge in [-0.15, -0.1) is 0 Å². The zero-order chi connectivity index (χ0) is 14.5. The topological polar surface area (TPSA) is 75.3 Å². The minimum atomic E-state index is -0.578. The number of anilines is 1. The lowest BCUT2D eigenvalue weighted by atomic mass is 10.1. The third-order valence-corrected chi connectivity index (χ3v) is 2.85. The molecular formula is C15H15FN2O2. The lowest BCUT2D eigenvalue weighted by molar-refractivity contribution is 0.102. The van der Waals surface area contributed by atoms with Crippen LogP contribution in [0.1, 0.15) is 15.9 Å². The normalized spacial score (nSPS) is 10.3. The summed E-state index contributed by atoms with van der Waals surface area (Å²) in [5.41, 5.74) is 6.99. The Bertz CT molecular complexity index is 612. The summed E-state index contributed by atoms with van der Waals surface area (Å²) in [5.74, 6) is -1.40. The minimum absolute atomic E-state index is 0.101. The van der Waals surface area contributed by atoms with E-state index >= 15 is 0 Å². The van der Waals surface area contributed by atoms with Crippen LogP contribution in [0.4, 0.5) is 10.1 Å². The second-order valence-electron chi connectivity index (χ2n) is 4.35. The molecule has 1 amide bonds. The Balaban J connectivity index is 2.13. The van der Waals surface area contributed by atoms with Crippen LogP contribution in [0.3, 0.4) is 0 Å². The molecular weight excluding hydrogens is 259 g/mol. The van der Waals surface area contributed by atoms with E-state index in [-0.39, 0.29) is 11.3 Å². The molecule has 2 aromatic rings. The Morgan fingerprint density at radius 3 is 2.55 bits per heavy atom. The highest BCUT2D eigenvalue weighted by atomic mass is 19.1. The van der Waals surface area contributed by atoms with E-state index in [4.69, 9.17) is 5.73 Å². The zero-order valence-corrected chi connectivity index (χ0v) is 10.8. The molecule has 2 aromatic carbocycles. The molecule has 4 N–H and O–H groups in total. The highest BCUT2D eigenvalue weighted by Gasteiger charge is 2.12. The molecule has 0 aliphatic carbocycles. The van der Waals surface area contributed by atoms with E-state index in [1.807, 2.05) is 12.1 Å². The molecule has 104 valence electrons. The number of nitrogens with one attached hydrogen (secondary N) is 1. The molecule has 0 saturated heterocycles. The average Bonchev–Trinajstić information content (AvgIpc) is 2.44. The van der Waals surface area contributed by atoms with Crippen molar-refractivity contribution < 1.29 is 14.3 Å². The number of phenols is 1. The Morgan fingerprint density at radius 2 is 1.90 bits per heavy atom. The van der Waals surface area contributed by atoms with Crippen molar-refractivity contribution in [2.75, 3.05) is 11.9 Å². The number of aromatic hydroxyl groups is 1. The van der Waals surface area contributed by atoms with E-state index in [0.717, 1.165) is 30.2 Å². The summed E-state index contributed by atoms with van der Waals surface area (Å²) in [4.78, 5) is 11.9. The van der Waals surface area contributed by atoms with Gasteiger partial charge in [0.05, 0.1) is 5.56 Å². The van der Waals surface area contributed by atoms with E-state index in [9.17, 15) is 14.3 Å². The highest BCUT2D eigenvalue weighted by Crippen LogP contribution is 2.19. The van der Waals surface area contributed by atoms with Gasteiger partial charge in [0.25, 0.3) is 5.91 Å². The molecule has 0 unspecified atom stereocenters. The van der Waals surface area contributed by atoms with Crippen LogP contribution >= 0.6 is 0 Å². The molecule has 0 spiro atoms. The molecule has 0 atom stereocenters. The maximum absolute atomic E-state index is 13.1. The van der Waals surface area contributed by atoms with E-state index in [1.165, 1.54) is 0 Å². The van der Waals surface area contributed by atoms with Gasteiger partial charge < -0.3 is 16.2 Å². The largest absolute Gasteiger partial charge is 0.507 e. The number of hydrogen-bond donors (Lipinski definition) is 3. The summed E-state index contributed by atoms with van der Waals surface area (Å²) < 4.78 is 13.1. The second kappa shape index (κ2) is 6.16. The van der Waals surface area contributed by atoms with E-state index < -0.39 is 11.7 Å². The number of carbonyl (C=O) groups is 1. The molecule has 5 heteroatoms. The molecule has 0 fully saturated rings. The molecule has 2 rings (SSSR count). The van der Waals surface area contributed by atoms with Crippen LogP contribution in [0, 0.1) is 5.82 Å². The summed E-state index contributed by atoms with van der Waals surface area (Å²) >= 11 is 0. The molecule has 4 nitrogen and oxygen atoms in total. The number of amides is 1. The lowest BCUT2D eigenvalue weighted by Crippen LogP contribution is -2.12. The van der Waals surface area contributed by atoms with E-state index in [1.54, 1.807) is 12.1 Å². The number of carbonyl (C=O) groups excluding carboxylic acids is 1. The first-order chi connectivity index (χ1) is 9.60. The molecule has 0 heterocycles. The zero-order valence-electron chi connectivity index (χ0n) is 10.8. The van der Waals surface area contributed by atoms with Gasteiger partial charge in [0.1, 0.15) is 11.6 Å². The van der Waals surface area contributed by atoms with Gasteiger partial charge in [-0.05, 0) is 48.9 Å². The highest BCUT2D eigenvalue weighted by molar-refractivity contribution is 6.06. The molecule has 0 aliphatic heterocycles. The van der Waals surface area contributed by atoms with Crippen molar-refractivity contribution in [1.29, 1.82) is 0 Å². The van der Waals surface area contributed by atoms with Gasteiger partial charge in [0.15, 0.2) is 0 Å². The maximum Gasteiger partial charge on any atom is 0.259 e. The fraction of sp³-hybridized carbons (Fsp3) is 0.133. The number of hydrogen-bond acceptors (Lipinski definition) is 3. The fourth-order valence-electron chi connectivity index (χ4n) is 1.81. The standard InChI is InChI=1S/C15H15FN2O2/c16-11-3-6-14(19)13(9-11)15(20)18-12-4-1-10(2-5-12)7-8-17/h1-6,9,19H,7-8,17H2,(H,18,20). The van der Waals surface area contributed by atoms with Gasteiger partial charge >= 0.3 is 0 Å². The predicted molar refractivity (Wildman–Crippen MR) is 75.2 cm³/mol. The van der Waals surface area contributed by atoms with Gasteiger partial charge in [-0.2, -0.15) is 0 Å². The van der Waals surface area contributed by atoms with Crippen molar-refractivity contribution in [3.8, 4) is 5.75 Å². The van der Waals surface area contributed by atoms with Gasteiger partial charge in [-0.25, -0.2) is 4.39 Å². The minimum Gasteiger partial charge on any atom is -0.507 e. The van der Waals surface area contributed by atoms with Crippen molar-refractivity contribution in [3.63, 3.8) is 0 Å². The van der Waals surface area contributed by atoms with Crippen molar-refractivity contribution in [3.05, 3.63) is 59.4 Å². The van der Waals surface area contributed by atoms with Gasteiger partial charge in [0.2, 0.25) is 0 Å². The molecule has 0 saturated carbocycles. The molecule has 0 bridgehead atoms. The van der Waals surface area contributed by atoms with Crippen molar-refractivity contribution >= 4 is 11.6 Å². The number of rotatable bonds is 4. The Hall–Kier alpha value is -2.40. The summed E-state index contributed by atoms with van der Waals surface area (Å²) in [7, 11) is 0. The van der Waals surface area contributed by atoms with Crippen LogP contribution in [-0.2, 0) is 6.42 Å². The van der Waals surface area contributed by atoms with Crippen LogP contribution in [0.15, 0.2) is 42.5 Å². The van der Waals surface area contributed by atoms with Crippen LogP contribution < -0.4 is 11.1 Å². The average molecular weight is 274 g/mol. The maximum atomic E-state index is 13.1. The summed E-state index contributed by atoms with van der Waals surface area (Å²) in [5, 5.41) is 12.2. The summed E-state index contributed by atoms with van der Waals surface area (Å²) in [6, 6.07) is 10.4. The van der Waals surface area contributed by atoms with E-state index in [0.29, 0.717) is 12.2 Å². The smallest absolute Gasteiger partial charge is 0.259 e. The number of nitrogens with two attached hydrogens (primary N) is 1. The van der Waals surface area contributed by atoms with Crippen LogP contribution in [-0.4, -0.2) is 17.6 Å². The third kappa shape index (κ3) is 3.33. The van der Waals surface area contributed by atoms with Gasteiger partial charge in [-0.3, -0.25) is 4.79 Å². The van der Waals surface area contributed by atoms with Gasteiger partial charge in [0, 0.05) is 5.69 Å². The first-order valence-electron chi connectivity index (χ1n) is 6.19. The predicted octanol–water partition coefficient (Wildman–Crippen LogP) is 2.28. The van der Waals surface area contributed by atoms with Crippen LogP contribution in [0.2, 0.25) is 0 Å². The van der Waals surface area contributed by atoms with Crippen molar-refractivity contribution in [1.82, 2.24) is 0 Å². The first-order valence-corrected chi connectivity index (χ1v) is 6.19. The lowest BCUT2D eigenvalue weighted by Gasteiger charge is -2.08. The molecule has 0 aliphatic rings. The van der Waals surface area contributed by atoms with Gasteiger partial charge in [-0.1, -0.05) is 12.1 Å². The van der Waals surface area contributed by atoms with Crippen molar-refractivity contribution in [2.45, 2.75) is 6.42 Å². The monoisotopic (exact) mass is 274 g/mol. The first kappa shape index (κ1) is 14.0. The molecule has 0 radical (unpaired) electrons. The fourth-order valence-corrected chi connectivity index (χ4v) is 1.81. The number of phenolic OH excluding ortho intramolecular Hbond substituents is 1. The van der Waals surface area contributed by atoms with Crippen LogP contribution in [0.5, 0.6) is 5.75 Å². The van der Waals surface area contributed by atoms with Crippen LogP contribution in [0.25, 0.3) is 0 Å². The Labute approximate surface area is 116 Å². The SMILES string of the molecule is NCCc1ccc(NC(=O)c2cc(F)ccc2O)cc1. The molecule has 0 aromatic heterocycles. The number of halogens is 1. The molecule has 20 heavy (non-hydrogen) atoms. The number of benzene rings is 2.